The van der Waals surface area contributed by atoms with E-state index in [1.165, 1.54) is 0 Å². The fraction of sp³-hybridized carbons (Fsp3) is 0.160. The second-order valence-corrected chi connectivity index (χ2v) is 8.40. The van der Waals surface area contributed by atoms with Crippen LogP contribution in [0.5, 0.6) is 0 Å². The number of rotatable bonds is 7. The Hall–Kier alpha value is -3.45. The molecule has 0 bridgehead atoms. The van der Waals surface area contributed by atoms with Crippen molar-refractivity contribution in [3.8, 4) is 0 Å². The third kappa shape index (κ3) is 5.06. The Morgan fingerprint density at radius 3 is 2.59 bits per heavy atom. The van der Waals surface area contributed by atoms with Crippen LogP contribution < -0.4 is 10.6 Å². The molecule has 0 aliphatic rings. The third-order valence-electron chi connectivity index (χ3n) is 5.17. The summed E-state index contributed by atoms with van der Waals surface area (Å²) in [6.07, 6.45) is 0.510. The Labute approximate surface area is 194 Å². The molecule has 1 aromatic heterocycles. The predicted molar refractivity (Wildman–Crippen MR) is 130 cm³/mol. The summed E-state index contributed by atoms with van der Waals surface area (Å²) in [7, 11) is 0. The molecule has 0 aliphatic heterocycles. The zero-order valence-electron chi connectivity index (χ0n) is 17.6. The first-order valence-electron chi connectivity index (χ1n) is 10.3. The van der Waals surface area contributed by atoms with Crippen molar-refractivity contribution in [3.63, 3.8) is 0 Å². The number of imidazole rings is 1. The van der Waals surface area contributed by atoms with Crippen LogP contribution in [0.15, 0.2) is 77.3 Å². The molecule has 0 saturated carbocycles. The number of aromatic nitrogens is 2. The summed E-state index contributed by atoms with van der Waals surface area (Å²) >= 11 is 3.42. The number of benzene rings is 3. The molecule has 0 fully saturated rings. The lowest BCUT2D eigenvalue weighted by molar-refractivity contribution is -0.116. The monoisotopic (exact) mass is 490 g/mol. The number of hydrogen-bond donors (Lipinski definition) is 2. The van der Waals surface area contributed by atoms with Gasteiger partial charge in [-0.3, -0.25) is 9.59 Å². The van der Waals surface area contributed by atoms with E-state index in [1.807, 2.05) is 84.3 Å². The van der Waals surface area contributed by atoms with Crippen molar-refractivity contribution in [3.05, 3.63) is 94.2 Å². The summed E-state index contributed by atoms with van der Waals surface area (Å²) in [5, 5.41) is 5.89. The summed E-state index contributed by atoms with van der Waals surface area (Å²) < 4.78 is 2.80. The molecule has 0 radical (unpaired) electrons. The van der Waals surface area contributed by atoms with Gasteiger partial charge in [0.05, 0.1) is 11.0 Å². The van der Waals surface area contributed by atoms with Gasteiger partial charge in [-0.1, -0.05) is 52.3 Å². The second-order valence-electron chi connectivity index (χ2n) is 7.48. The van der Waals surface area contributed by atoms with Crippen molar-refractivity contribution in [2.45, 2.75) is 19.9 Å². The molecule has 4 aromatic rings. The first-order valence-corrected chi connectivity index (χ1v) is 11.1. The SMILES string of the molecule is Cc1ccccc1C(=O)NCCc1nc2ccccc2n1CC(=O)Nc1cccc(Br)c1. The van der Waals surface area contributed by atoms with Crippen LogP contribution in [0.3, 0.4) is 0 Å². The molecule has 32 heavy (non-hydrogen) atoms. The van der Waals surface area contributed by atoms with Gasteiger partial charge in [0.2, 0.25) is 5.91 Å². The molecule has 2 amide bonds. The first kappa shape index (κ1) is 21.8. The van der Waals surface area contributed by atoms with Crippen molar-refractivity contribution < 1.29 is 9.59 Å². The van der Waals surface area contributed by atoms with Crippen LogP contribution in [-0.4, -0.2) is 27.9 Å². The van der Waals surface area contributed by atoms with Gasteiger partial charge in [0.15, 0.2) is 0 Å². The van der Waals surface area contributed by atoms with E-state index in [0.717, 1.165) is 32.6 Å². The highest BCUT2D eigenvalue weighted by molar-refractivity contribution is 9.10. The Balaban J connectivity index is 1.48. The van der Waals surface area contributed by atoms with E-state index in [0.29, 0.717) is 18.5 Å². The van der Waals surface area contributed by atoms with Crippen molar-refractivity contribution in [1.29, 1.82) is 0 Å². The molecule has 3 aromatic carbocycles. The zero-order chi connectivity index (χ0) is 22.5. The number of fused-ring (bicyclic) bond motifs is 1. The average Bonchev–Trinajstić information content (AvgIpc) is 3.11. The highest BCUT2D eigenvalue weighted by atomic mass is 79.9. The minimum Gasteiger partial charge on any atom is -0.352 e. The van der Waals surface area contributed by atoms with Gasteiger partial charge in [0.1, 0.15) is 12.4 Å². The number of anilines is 1. The van der Waals surface area contributed by atoms with Gasteiger partial charge < -0.3 is 15.2 Å². The number of para-hydroxylation sites is 2. The van der Waals surface area contributed by atoms with Crippen molar-refractivity contribution in [2.24, 2.45) is 0 Å². The molecule has 0 aliphatic carbocycles. The number of carbonyl (C=O) groups excluding carboxylic acids is 2. The minimum atomic E-state index is -0.142. The molecule has 7 heteroatoms. The lowest BCUT2D eigenvalue weighted by atomic mass is 10.1. The van der Waals surface area contributed by atoms with Crippen LogP contribution in [-0.2, 0) is 17.8 Å². The molecule has 2 N–H and O–H groups in total. The van der Waals surface area contributed by atoms with E-state index < -0.39 is 0 Å². The smallest absolute Gasteiger partial charge is 0.251 e. The Morgan fingerprint density at radius 1 is 1.00 bits per heavy atom. The van der Waals surface area contributed by atoms with Crippen LogP contribution in [0.25, 0.3) is 11.0 Å². The lowest BCUT2D eigenvalue weighted by Crippen LogP contribution is -2.27. The third-order valence-corrected chi connectivity index (χ3v) is 5.66. The summed E-state index contributed by atoms with van der Waals surface area (Å²) in [6, 6.07) is 22.7. The number of nitrogens with zero attached hydrogens (tertiary/aromatic N) is 2. The topological polar surface area (TPSA) is 76.0 Å². The number of nitrogens with one attached hydrogen (secondary N) is 2. The van der Waals surface area contributed by atoms with Crippen LogP contribution in [0.2, 0.25) is 0 Å². The fourth-order valence-corrected chi connectivity index (χ4v) is 4.01. The molecule has 4 rings (SSSR count). The minimum absolute atomic E-state index is 0.113. The lowest BCUT2D eigenvalue weighted by Gasteiger charge is -2.11. The summed E-state index contributed by atoms with van der Waals surface area (Å²) in [6.45, 7) is 2.47. The van der Waals surface area contributed by atoms with Crippen molar-refractivity contribution >= 4 is 44.5 Å². The standard InChI is InChI=1S/C25H23BrN4O2/c1-17-7-2-3-10-20(17)25(32)27-14-13-23-29-21-11-4-5-12-22(21)30(23)16-24(31)28-19-9-6-8-18(26)15-19/h2-12,15H,13-14,16H2,1H3,(H,27,32)(H,28,31). The maximum Gasteiger partial charge on any atom is 0.251 e. The van der Waals surface area contributed by atoms with Gasteiger partial charge in [-0.15, -0.1) is 0 Å². The van der Waals surface area contributed by atoms with Gasteiger partial charge in [-0.2, -0.15) is 0 Å². The molecular formula is C25H23BrN4O2. The highest BCUT2D eigenvalue weighted by Gasteiger charge is 2.15. The summed E-state index contributed by atoms with van der Waals surface area (Å²) in [5.74, 6) is 0.496. The molecule has 0 atom stereocenters. The van der Waals surface area contributed by atoms with E-state index in [-0.39, 0.29) is 18.4 Å². The van der Waals surface area contributed by atoms with Gasteiger partial charge in [-0.25, -0.2) is 4.98 Å². The number of carbonyl (C=O) groups is 2. The Kier molecular flexibility index (Phi) is 6.66. The normalized spacial score (nSPS) is 10.8. The van der Waals surface area contributed by atoms with Gasteiger partial charge in [0.25, 0.3) is 5.91 Å². The van der Waals surface area contributed by atoms with Gasteiger partial charge in [-0.05, 0) is 48.9 Å². The number of halogens is 1. The zero-order valence-corrected chi connectivity index (χ0v) is 19.2. The Morgan fingerprint density at radius 2 is 1.78 bits per heavy atom. The molecule has 0 saturated heterocycles. The quantitative estimate of drug-likeness (QED) is 0.393. The molecule has 1 heterocycles. The average molecular weight is 491 g/mol. The summed E-state index contributed by atoms with van der Waals surface area (Å²) in [4.78, 5) is 30.0. The maximum atomic E-state index is 12.7. The van der Waals surface area contributed by atoms with Crippen molar-refractivity contribution in [2.75, 3.05) is 11.9 Å². The van der Waals surface area contributed by atoms with E-state index in [4.69, 9.17) is 4.98 Å². The van der Waals surface area contributed by atoms with Crippen LogP contribution >= 0.6 is 15.9 Å². The van der Waals surface area contributed by atoms with Crippen LogP contribution in [0, 0.1) is 6.92 Å². The van der Waals surface area contributed by atoms with Crippen LogP contribution in [0.1, 0.15) is 21.7 Å². The van der Waals surface area contributed by atoms with E-state index in [9.17, 15) is 9.59 Å². The predicted octanol–water partition coefficient (Wildman–Crippen LogP) is 4.72. The van der Waals surface area contributed by atoms with E-state index >= 15 is 0 Å². The number of amides is 2. The molecular weight excluding hydrogens is 468 g/mol. The van der Waals surface area contributed by atoms with Gasteiger partial charge >= 0.3 is 0 Å². The van der Waals surface area contributed by atoms with Crippen LogP contribution in [0.4, 0.5) is 5.69 Å². The maximum absolute atomic E-state index is 12.7. The highest BCUT2D eigenvalue weighted by Crippen LogP contribution is 2.18. The second kappa shape index (κ2) is 9.78. The number of hydrogen-bond acceptors (Lipinski definition) is 3. The first-order chi connectivity index (χ1) is 15.5. The molecule has 162 valence electrons. The molecule has 6 nitrogen and oxygen atoms in total. The van der Waals surface area contributed by atoms with E-state index in [1.54, 1.807) is 0 Å². The summed E-state index contributed by atoms with van der Waals surface area (Å²) in [5.41, 5.74) is 4.02. The molecule has 0 spiro atoms. The van der Waals surface area contributed by atoms with Gasteiger partial charge in [0, 0.05) is 28.7 Å². The Bertz CT molecular complexity index is 1280. The van der Waals surface area contributed by atoms with Crippen molar-refractivity contribution in [1.82, 2.24) is 14.9 Å². The largest absolute Gasteiger partial charge is 0.352 e. The molecule has 0 unspecified atom stereocenters. The fourth-order valence-electron chi connectivity index (χ4n) is 3.61. The van der Waals surface area contributed by atoms with E-state index in [2.05, 4.69) is 26.6 Å². The number of aryl methyl sites for hydroxylation is 1.